The first kappa shape index (κ1) is 16.6. The van der Waals surface area contributed by atoms with Crippen LogP contribution in [0.25, 0.3) is 16.8 Å². The highest BCUT2D eigenvalue weighted by Gasteiger charge is 2.26. The summed E-state index contributed by atoms with van der Waals surface area (Å²) in [4.78, 5) is 14.8. The Morgan fingerprint density at radius 3 is 2.46 bits per heavy atom. The minimum atomic E-state index is 0.0914. The van der Waals surface area contributed by atoms with Crippen LogP contribution in [-0.2, 0) is 11.3 Å². The molecule has 3 aromatic rings. The van der Waals surface area contributed by atoms with E-state index in [1.165, 1.54) is 29.2 Å². The lowest BCUT2D eigenvalue weighted by Crippen LogP contribution is -2.31. The van der Waals surface area contributed by atoms with Crippen LogP contribution < -0.4 is 0 Å². The third-order valence-corrected chi connectivity index (χ3v) is 4.93. The van der Waals surface area contributed by atoms with E-state index < -0.39 is 0 Å². The molecule has 0 heterocycles. The van der Waals surface area contributed by atoms with Crippen molar-refractivity contribution in [1.82, 2.24) is 4.90 Å². The van der Waals surface area contributed by atoms with Crippen LogP contribution in [0.1, 0.15) is 24.0 Å². The molecule has 0 bridgehead atoms. The van der Waals surface area contributed by atoms with Crippen molar-refractivity contribution in [3.8, 4) is 0 Å². The van der Waals surface area contributed by atoms with Gasteiger partial charge >= 0.3 is 0 Å². The highest BCUT2D eigenvalue weighted by molar-refractivity contribution is 5.96. The van der Waals surface area contributed by atoms with E-state index in [2.05, 4.69) is 36.4 Å². The molecule has 0 spiro atoms. The Kier molecular flexibility index (Phi) is 4.83. The van der Waals surface area contributed by atoms with Crippen molar-refractivity contribution in [1.29, 1.82) is 0 Å². The van der Waals surface area contributed by atoms with Crippen molar-refractivity contribution in [2.24, 2.45) is 5.92 Å². The fourth-order valence-corrected chi connectivity index (χ4v) is 3.31. The fraction of sp³-hybridized carbons (Fsp3) is 0.208. The number of hydrogen-bond acceptors (Lipinski definition) is 1. The van der Waals surface area contributed by atoms with Gasteiger partial charge in [0, 0.05) is 19.2 Å². The van der Waals surface area contributed by atoms with Gasteiger partial charge in [-0.05, 0) is 46.7 Å². The van der Waals surface area contributed by atoms with Crippen LogP contribution in [0.5, 0.6) is 0 Å². The number of nitrogens with zero attached hydrogens (tertiary/aromatic N) is 1. The lowest BCUT2D eigenvalue weighted by molar-refractivity contribution is -0.126. The monoisotopic (exact) mass is 341 g/mol. The molecule has 130 valence electrons. The summed E-state index contributed by atoms with van der Waals surface area (Å²) in [7, 11) is 0. The van der Waals surface area contributed by atoms with Gasteiger partial charge in [0.25, 0.3) is 0 Å². The van der Waals surface area contributed by atoms with E-state index in [1.807, 2.05) is 47.4 Å². The van der Waals surface area contributed by atoms with Crippen LogP contribution >= 0.6 is 0 Å². The van der Waals surface area contributed by atoms with Gasteiger partial charge in [-0.15, -0.1) is 0 Å². The molecule has 4 rings (SSSR count). The van der Waals surface area contributed by atoms with Crippen molar-refractivity contribution >= 4 is 22.8 Å². The molecule has 0 N–H and O–H groups in total. The largest absolute Gasteiger partial charge is 0.335 e. The zero-order valence-electron chi connectivity index (χ0n) is 14.8. The number of benzene rings is 3. The Balaban J connectivity index is 1.54. The fourth-order valence-electron chi connectivity index (χ4n) is 3.31. The summed E-state index contributed by atoms with van der Waals surface area (Å²) in [5.74, 6) is 0.766. The standard InChI is InChI=1S/C24H23NO/c26-24(16-15-22-11-6-10-21-9-4-5-12-23(21)22)25(18-20-13-14-20)17-19-7-2-1-3-8-19/h1-12,15-16,20H,13-14,17-18H2. The quantitative estimate of drug-likeness (QED) is 0.558. The summed E-state index contributed by atoms with van der Waals surface area (Å²) in [6, 6.07) is 24.7. The van der Waals surface area contributed by atoms with Gasteiger partial charge in [0.2, 0.25) is 5.91 Å². The molecule has 0 unspecified atom stereocenters. The number of carbonyl (C=O) groups excluding carboxylic acids is 1. The van der Waals surface area contributed by atoms with Gasteiger partial charge in [0.1, 0.15) is 0 Å². The second-order valence-corrected chi connectivity index (χ2v) is 7.05. The SMILES string of the molecule is O=C(C=Cc1cccc2ccccc12)N(Cc1ccccc1)CC1CC1. The van der Waals surface area contributed by atoms with Crippen LogP contribution in [-0.4, -0.2) is 17.4 Å². The summed E-state index contributed by atoms with van der Waals surface area (Å²) in [6.07, 6.45) is 6.17. The molecule has 0 radical (unpaired) electrons. The molecule has 2 heteroatoms. The molecule has 1 aliphatic carbocycles. The van der Waals surface area contributed by atoms with E-state index in [0.29, 0.717) is 12.5 Å². The van der Waals surface area contributed by atoms with Gasteiger partial charge in [-0.2, -0.15) is 0 Å². The number of fused-ring (bicyclic) bond motifs is 1. The minimum Gasteiger partial charge on any atom is -0.335 e. The van der Waals surface area contributed by atoms with E-state index >= 15 is 0 Å². The molecule has 1 fully saturated rings. The predicted octanol–water partition coefficient (Wildman–Crippen LogP) is 5.29. The summed E-state index contributed by atoms with van der Waals surface area (Å²) < 4.78 is 0. The van der Waals surface area contributed by atoms with Crippen LogP contribution in [0, 0.1) is 5.92 Å². The number of rotatable bonds is 6. The Morgan fingerprint density at radius 2 is 1.65 bits per heavy atom. The Hall–Kier alpha value is -2.87. The molecule has 0 aromatic heterocycles. The van der Waals surface area contributed by atoms with Gasteiger partial charge in [0.05, 0.1) is 0 Å². The molecular weight excluding hydrogens is 318 g/mol. The molecule has 0 atom stereocenters. The van der Waals surface area contributed by atoms with E-state index in [1.54, 1.807) is 6.08 Å². The topological polar surface area (TPSA) is 20.3 Å². The average Bonchev–Trinajstić information content (AvgIpc) is 3.50. The maximum atomic E-state index is 12.9. The first-order valence-electron chi connectivity index (χ1n) is 9.28. The van der Waals surface area contributed by atoms with Crippen molar-refractivity contribution in [2.45, 2.75) is 19.4 Å². The Labute approximate surface area is 154 Å². The van der Waals surface area contributed by atoms with Crippen molar-refractivity contribution in [2.75, 3.05) is 6.54 Å². The maximum Gasteiger partial charge on any atom is 0.246 e. The number of carbonyl (C=O) groups is 1. The van der Waals surface area contributed by atoms with Gasteiger partial charge in [-0.1, -0.05) is 72.8 Å². The molecule has 1 amide bonds. The summed E-state index contributed by atoms with van der Waals surface area (Å²) in [5.41, 5.74) is 2.27. The van der Waals surface area contributed by atoms with Crippen molar-refractivity contribution in [3.05, 3.63) is 90.0 Å². The molecule has 0 aliphatic heterocycles. The zero-order chi connectivity index (χ0) is 17.8. The van der Waals surface area contributed by atoms with E-state index in [-0.39, 0.29) is 5.91 Å². The van der Waals surface area contributed by atoms with Crippen molar-refractivity contribution in [3.63, 3.8) is 0 Å². The Morgan fingerprint density at radius 1 is 0.923 bits per heavy atom. The first-order chi connectivity index (χ1) is 12.8. The predicted molar refractivity (Wildman–Crippen MR) is 108 cm³/mol. The van der Waals surface area contributed by atoms with Crippen LogP contribution in [0.15, 0.2) is 78.9 Å². The minimum absolute atomic E-state index is 0.0914. The normalized spacial score (nSPS) is 14.0. The summed E-state index contributed by atoms with van der Waals surface area (Å²) >= 11 is 0. The van der Waals surface area contributed by atoms with E-state index in [9.17, 15) is 4.79 Å². The molecule has 3 aromatic carbocycles. The first-order valence-corrected chi connectivity index (χ1v) is 9.28. The van der Waals surface area contributed by atoms with Crippen molar-refractivity contribution < 1.29 is 4.79 Å². The molecule has 26 heavy (non-hydrogen) atoms. The molecular formula is C24H23NO. The zero-order valence-corrected chi connectivity index (χ0v) is 14.8. The number of amides is 1. The van der Waals surface area contributed by atoms with E-state index in [4.69, 9.17) is 0 Å². The smallest absolute Gasteiger partial charge is 0.246 e. The van der Waals surface area contributed by atoms with Crippen LogP contribution in [0.4, 0.5) is 0 Å². The summed E-state index contributed by atoms with van der Waals surface area (Å²) in [6.45, 7) is 1.53. The third-order valence-electron chi connectivity index (χ3n) is 4.93. The summed E-state index contributed by atoms with van der Waals surface area (Å²) in [5, 5.41) is 2.37. The lowest BCUT2D eigenvalue weighted by Gasteiger charge is -2.21. The van der Waals surface area contributed by atoms with Gasteiger partial charge in [-0.25, -0.2) is 0 Å². The maximum absolute atomic E-state index is 12.9. The van der Waals surface area contributed by atoms with Gasteiger partial charge in [-0.3, -0.25) is 4.79 Å². The number of hydrogen-bond donors (Lipinski definition) is 0. The van der Waals surface area contributed by atoms with Gasteiger partial charge in [0.15, 0.2) is 0 Å². The van der Waals surface area contributed by atoms with Gasteiger partial charge < -0.3 is 4.90 Å². The molecule has 1 saturated carbocycles. The highest BCUT2D eigenvalue weighted by atomic mass is 16.2. The molecule has 0 saturated heterocycles. The van der Waals surface area contributed by atoms with Crippen LogP contribution in [0.3, 0.4) is 0 Å². The van der Waals surface area contributed by atoms with E-state index in [0.717, 1.165) is 12.1 Å². The third kappa shape index (κ3) is 4.02. The molecule has 2 nitrogen and oxygen atoms in total. The highest BCUT2D eigenvalue weighted by Crippen LogP contribution is 2.30. The van der Waals surface area contributed by atoms with Crippen LogP contribution in [0.2, 0.25) is 0 Å². The Bertz CT molecular complexity index is 920. The average molecular weight is 341 g/mol. The molecule has 1 aliphatic rings. The lowest BCUT2D eigenvalue weighted by atomic mass is 10.0. The second kappa shape index (κ2) is 7.57. The second-order valence-electron chi connectivity index (χ2n) is 7.05.